The number of amides is 1. The number of aryl methyl sites for hydroxylation is 2. The number of nitrogens with zero attached hydrogens (tertiary/aromatic N) is 1. The molecule has 2 nitrogen and oxygen atoms in total. The smallest absolute Gasteiger partial charge is 0.267 e. The molecule has 0 aromatic heterocycles. The second kappa shape index (κ2) is 10.3. The van der Waals surface area contributed by atoms with E-state index >= 15 is 0 Å². The van der Waals surface area contributed by atoms with E-state index in [1.165, 1.54) is 42.4 Å². The first kappa shape index (κ1) is 24.7. The summed E-state index contributed by atoms with van der Waals surface area (Å²) in [6.45, 7) is 13.1. The first-order valence-electron chi connectivity index (χ1n) is 12.2. The Morgan fingerprint density at radius 1 is 1.16 bits per heavy atom. The fourth-order valence-electron chi connectivity index (χ4n) is 5.44. The summed E-state index contributed by atoms with van der Waals surface area (Å²) in [6.07, 6.45) is 6.93. The second-order valence-electron chi connectivity index (χ2n) is 9.99. The van der Waals surface area contributed by atoms with E-state index in [1.54, 1.807) is 6.07 Å². The van der Waals surface area contributed by atoms with E-state index in [9.17, 15) is 4.79 Å². The van der Waals surface area contributed by atoms with Crippen molar-refractivity contribution < 1.29 is 4.79 Å². The highest BCUT2D eigenvalue weighted by Gasteiger charge is 2.36. The monoisotopic (exact) mass is 451 g/mol. The number of fused-ring (bicyclic) bond motifs is 1. The lowest BCUT2D eigenvalue weighted by Crippen LogP contribution is -2.34. The molecule has 3 heteroatoms. The van der Waals surface area contributed by atoms with Crippen LogP contribution in [0.5, 0.6) is 0 Å². The van der Waals surface area contributed by atoms with Gasteiger partial charge in [0.1, 0.15) is 0 Å². The molecule has 0 bridgehead atoms. The van der Waals surface area contributed by atoms with Gasteiger partial charge in [0.2, 0.25) is 0 Å². The lowest BCUT2D eigenvalue weighted by Gasteiger charge is -2.30. The van der Waals surface area contributed by atoms with E-state index in [2.05, 4.69) is 52.8 Å². The SMILES string of the molecule is CCCC(CCC)c1ccc2c(c1)CCC(C)C(=NC(=O)c1c(C)cccc1Cl)C2(C)C. The van der Waals surface area contributed by atoms with Gasteiger partial charge in [0, 0.05) is 11.1 Å². The standard InChI is InChI=1S/C29H38ClNO/c1-7-10-21(11-8-2)22-16-17-24-23(18-22)15-14-20(4)27(29(24,5)6)31-28(32)26-19(3)12-9-13-25(26)30/h9,12-13,16-18,20-21H,7-8,10-11,14-15H2,1-6H3. The molecule has 2 aromatic rings. The number of benzene rings is 2. The summed E-state index contributed by atoms with van der Waals surface area (Å²) in [5.41, 5.74) is 6.24. The van der Waals surface area contributed by atoms with Crippen molar-refractivity contribution in [3.05, 3.63) is 69.2 Å². The van der Waals surface area contributed by atoms with Crippen molar-refractivity contribution in [2.75, 3.05) is 0 Å². The van der Waals surface area contributed by atoms with Gasteiger partial charge < -0.3 is 0 Å². The van der Waals surface area contributed by atoms with Crippen LogP contribution in [-0.2, 0) is 11.8 Å². The summed E-state index contributed by atoms with van der Waals surface area (Å²) < 4.78 is 0. The normalized spacial score (nSPS) is 19.1. The van der Waals surface area contributed by atoms with E-state index in [4.69, 9.17) is 16.6 Å². The van der Waals surface area contributed by atoms with E-state index in [-0.39, 0.29) is 17.2 Å². The summed E-state index contributed by atoms with van der Waals surface area (Å²) in [4.78, 5) is 18.0. The Balaban J connectivity index is 2.04. The lowest BCUT2D eigenvalue weighted by molar-refractivity contribution is 0.100. The zero-order valence-electron chi connectivity index (χ0n) is 20.6. The Morgan fingerprint density at radius 2 is 1.84 bits per heavy atom. The third-order valence-corrected chi connectivity index (χ3v) is 7.47. The molecule has 0 spiro atoms. The summed E-state index contributed by atoms with van der Waals surface area (Å²) in [5, 5.41) is 0.473. The zero-order chi connectivity index (χ0) is 23.5. The Hall–Kier alpha value is -1.93. The first-order chi connectivity index (χ1) is 15.2. The highest BCUT2D eigenvalue weighted by atomic mass is 35.5. The van der Waals surface area contributed by atoms with Crippen molar-refractivity contribution in [1.29, 1.82) is 0 Å². The molecule has 32 heavy (non-hydrogen) atoms. The Kier molecular flexibility index (Phi) is 7.98. The fraction of sp³-hybridized carbons (Fsp3) is 0.517. The molecule has 0 fully saturated rings. The molecule has 1 unspecified atom stereocenters. The topological polar surface area (TPSA) is 29.4 Å². The van der Waals surface area contributed by atoms with E-state index < -0.39 is 0 Å². The van der Waals surface area contributed by atoms with E-state index in [0.717, 1.165) is 24.1 Å². The van der Waals surface area contributed by atoms with E-state index in [0.29, 0.717) is 16.5 Å². The van der Waals surface area contributed by atoms with Crippen molar-refractivity contribution in [2.24, 2.45) is 10.9 Å². The Bertz CT molecular complexity index is 978. The predicted molar refractivity (Wildman–Crippen MR) is 137 cm³/mol. The van der Waals surface area contributed by atoms with Crippen LogP contribution in [0.2, 0.25) is 5.02 Å². The van der Waals surface area contributed by atoms with Crippen molar-refractivity contribution >= 4 is 23.2 Å². The van der Waals surface area contributed by atoms with Gasteiger partial charge in [-0.15, -0.1) is 0 Å². The van der Waals surface area contributed by atoms with Crippen LogP contribution in [0.25, 0.3) is 0 Å². The number of hydrogen-bond acceptors (Lipinski definition) is 1. The fourth-order valence-corrected chi connectivity index (χ4v) is 5.74. The summed E-state index contributed by atoms with van der Waals surface area (Å²) >= 11 is 6.37. The van der Waals surface area contributed by atoms with Gasteiger partial charge in [-0.3, -0.25) is 4.79 Å². The maximum absolute atomic E-state index is 13.2. The quantitative estimate of drug-likeness (QED) is 0.405. The Morgan fingerprint density at radius 3 is 2.47 bits per heavy atom. The minimum Gasteiger partial charge on any atom is -0.267 e. The molecule has 0 heterocycles. The zero-order valence-corrected chi connectivity index (χ0v) is 21.4. The minimum atomic E-state index is -0.306. The number of aliphatic imine (C=N–C) groups is 1. The molecule has 172 valence electrons. The molecule has 0 saturated heterocycles. The van der Waals surface area contributed by atoms with Crippen molar-refractivity contribution in [1.82, 2.24) is 0 Å². The largest absolute Gasteiger partial charge is 0.278 e. The molecule has 0 radical (unpaired) electrons. The number of rotatable bonds is 6. The highest BCUT2D eigenvalue weighted by Crippen LogP contribution is 2.39. The van der Waals surface area contributed by atoms with E-state index in [1.807, 2.05) is 19.1 Å². The third kappa shape index (κ3) is 5.01. The summed E-state index contributed by atoms with van der Waals surface area (Å²) in [5.74, 6) is 0.640. The molecule has 1 atom stereocenters. The van der Waals surface area contributed by atoms with Crippen LogP contribution in [-0.4, -0.2) is 11.6 Å². The summed E-state index contributed by atoms with van der Waals surface area (Å²) in [6, 6.07) is 12.6. The van der Waals surface area contributed by atoms with Gasteiger partial charge in [0.25, 0.3) is 5.91 Å². The molecule has 0 aliphatic heterocycles. The van der Waals surface area contributed by atoms with Crippen LogP contribution < -0.4 is 0 Å². The van der Waals surface area contributed by atoms with Gasteiger partial charge in [-0.1, -0.05) is 89.4 Å². The number of hydrogen-bond donors (Lipinski definition) is 0. The molecule has 0 N–H and O–H groups in total. The maximum Gasteiger partial charge on any atom is 0.278 e. The highest BCUT2D eigenvalue weighted by molar-refractivity contribution is 6.34. The molecule has 1 amide bonds. The maximum atomic E-state index is 13.2. The van der Waals surface area contributed by atoms with Crippen LogP contribution in [0.3, 0.4) is 0 Å². The van der Waals surface area contributed by atoms with Crippen LogP contribution in [0.15, 0.2) is 41.4 Å². The second-order valence-corrected chi connectivity index (χ2v) is 10.4. The lowest BCUT2D eigenvalue weighted by atomic mass is 9.75. The first-order valence-corrected chi connectivity index (χ1v) is 12.6. The molecule has 1 aliphatic rings. The average Bonchev–Trinajstić information content (AvgIpc) is 2.83. The number of carbonyl (C=O) groups excluding carboxylic acids is 1. The van der Waals surface area contributed by atoms with Gasteiger partial charge in [-0.2, -0.15) is 0 Å². The van der Waals surface area contributed by atoms with Crippen molar-refractivity contribution in [2.45, 2.75) is 91.4 Å². The minimum absolute atomic E-state index is 0.228. The van der Waals surface area contributed by atoms with Crippen LogP contribution >= 0.6 is 11.6 Å². The average molecular weight is 452 g/mol. The van der Waals surface area contributed by atoms with Gasteiger partial charge in [-0.25, -0.2) is 4.99 Å². The van der Waals surface area contributed by atoms with Gasteiger partial charge in [-0.05, 0) is 72.8 Å². The third-order valence-electron chi connectivity index (χ3n) is 7.16. The van der Waals surface area contributed by atoms with Crippen molar-refractivity contribution in [3.63, 3.8) is 0 Å². The van der Waals surface area contributed by atoms with Gasteiger partial charge >= 0.3 is 0 Å². The molecule has 2 aromatic carbocycles. The predicted octanol–water partition coefficient (Wildman–Crippen LogP) is 8.47. The molecular weight excluding hydrogens is 414 g/mol. The number of carbonyl (C=O) groups is 1. The van der Waals surface area contributed by atoms with Crippen LogP contribution in [0, 0.1) is 12.8 Å². The summed E-state index contributed by atoms with van der Waals surface area (Å²) in [7, 11) is 0. The number of halogens is 1. The Labute approximate surface area is 199 Å². The molecular formula is C29H38ClNO. The molecule has 0 saturated carbocycles. The molecule has 1 aliphatic carbocycles. The molecule has 3 rings (SSSR count). The van der Waals surface area contributed by atoms with Crippen molar-refractivity contribution in [3.8, 4) is 0 Å². The van der Waals surface area contributed by atoms with Crippen LogP contribution in [0.4, 0.5) is 0 Å². The van der Waals surface area contributed by atoms with Gasteiger partial charge in [0.15, 0.2) is 0 Å². The van der Waals surface area contributed by atoms with Gasteiger partial charge in [0.05, 0.1) is 10.6 Å². The van der Waals surface area contributed by atoms with Crippen LogP contribution in [0.1, 0.15) is 105 Å².